The molecule has 0 saturated heterocycles. The zero-order valence-corrected chi connectivity index (χ0v) is 52.2. The first-order valence-corrected chi connectivity index (χ1v) is 22.5. The van der Waals surface area contributed by atoms with E-state index < -0.39 is 38.7 Å². The maximum absolute atomic E-state index is 13.2. The molecule has 0 amide bonds. The number of ether oxygens (including phenoxy) is 4. The van der Waals surface area contributed by atoms with Crippen molar-refractivity contribution in [2.24, 2.45) is 4.30 Å². The van der Waals surface area contributed by atoms with Crippen molar-refractivity contribution in [1.29, 1.82) is 0 Å². The van der Waals surface area contributed by atoms with Crippen molar-refractivity contribution in [2.75, 3.05) is 6.61 Å². The zero-order valence-electron chi connectivity index (χ0n) is 42.9. The summed E-state index contributed by atoms with van der Waals surface area (Å²) in [5.41, 5.74) is 0.111. The quantitative estimate of drug-likeness (QED) is 0.0347. The van der Waals surface area contributed by atoms with E-state index in [9.17, 15) is 36.7 Å². The van der Waals surface area contributed by atoms with E-state index in [2.05, 4.69) is 61.5 Å². The van der Waals surface area contributed by atoms with Crippen LogP contribution in [0.5, 0.6) is 23.0 Å². The number of benzene rings is 4. The Bertz CT molecular complexity index is 2460. The van der Waals surface area contributed by atoms with E-state index in [0.29, 0.717) is 62.6 Å². The molecule has 2 N–H and O–H groups in total. The number of carboxylic acid groups (broad SMARTS) is 1. The number of phenolic OH excluding ortho intramolecular Hbond substituents is 1. The number of aliphatic carboxylic acids is 1. The van der Waals surface area contributed by atoms with E-state index in [1.807, 2.05) is 0 Å². The summed E-state index contributed by atoms with van der Waals surface area (Å²) in [6.07, 6.45) is 0. The van der Waals surface area contributed by atoms with Gasteiger partial charge in [0.05, 0.1) is 17.7 Å². The molecule has 0 saturated carbocycles. The van der Waals surface area contributed by atoms with Crippen LogP contribution in [0.2, 0.25) is 0 Å². The number of esters is 1. The summed E-state index contributed by atoms with van der Waals surface area (Å²) in [6.45, 7) is 20.2. The van der Waals surface area contributed by atoms with Crippen molar-refractivity contribution in [2.45, 2.75) is 110 Å². The number of carbonyl (C=O) groups excluding carboxylic acids is 4. The van der Waals surface area contributed by atoms with Gasteiger partial charge in [0.25, 0.3) is 6.47 Å². The van der Waals surface area contributed by atoms with E-state index in [-0.39, 0.29) is 146 Å². The smallest absolute Gasteiger partial charge is 1.00 e. The van der Waals surface area contributed by atoms with E-state index in [0.717, 1.165) is 0 Å². The van der Waals surface area contributed by atoms with Gasteiger partial charge >= 0.3 is 139 Å². The van der Waals surface area contributed by atoms with Gasteiger partial charge in [0, 0.05) is 10.9 Å². The number of alkyl halides is 2. The maximum atomic E-state index is 13.2. The number of aromatic hydroxyl groups is 1. The first-order valence-electron chi connectivity index (χ1n) is 20.1. The second kappa shape index (κ2) is 33.8. The van der Waals surface area contributed by atoms with Crippen LogP contribution in [0.1, 0.15) is 107 Å². The van der Waals surface area contributed by atoms with Crippen LogP contribution in [-0.2, 0) is 29.3 Å². The molecule has 0 aromatic heterocycles. The summed E-state index contributed by atoms with van der Waals surface area (Å²) in [5, 5.41) is 26.6. The molecule has 71 heavy (non-hydrogen) atoms. The second-order valence-electron chi connectivity index (χ2n) is 16.3. The molecule has 0 fully saturated rings. The molecule has 379 valence electrons. The molecule has 6 rings (SSSR count). The third-order valence-corrected chi connectivity index (χ3v) is 9.72. The average Bonchev–Trinajstić information content (AvgIpc) is 3.62. The maximum Gasteiger partial charge on any atom is 1.00 e. The molecule has 0 atom stereocenters. The number of rotatable bonds is 7. The number of phenols is 1. The molecule has 2 aliphatic rings. The predicted octanol–water partition coefficient (Wildman–Crippen LogP) is 4.24. The molecular weight excluding hydrogens is 1140 g/mol. The van der Waals surface area contributed by atoms with Crippen LogP contribution in [-0.4, -0.2) is 75.6 Å². The SMILES string of the molecule is CC1(C)Oc2c(CBr)cc(F)cc2C1=O.CCOC(=O)C(C)(C)Br.Cc1cc(F)cc2c1OC(C)(C)C2=O.Cc1cc(F)ccc1O.Cc1cc(F)ccc1OC(C)(C)C(=O)O.O=CO[O-].[B]=NS.[H-].[K+].[K+]. The Morgan fingerprint density at radius 2 is 1.23 bits per heavy atom. The zero-order chi connectivity index (χ0) is 53.8. The summed E-state index contributed by atoms with van der Waals surface area (Å²) in [6, 6.07) is 13.0. The van der Waals surface area contributed by atoms with Crippen LogP contribution < -0.4 is 122 Å². The first kappa shape index (κ1) is 73.2. The van der Waals surface area contributed by atoms with Gasteiger partial charge < -0.3 is 40.7 Å². The molecule has 0 bridgehead atoms. The molecule has 0 unspecified atom stereocenters. The van der Waals surface area contributed by atoms with E-state index in [4.69, 9.17) is 39.2 Å². The minimum atomic E-state index is -1.32. The number of fused-ring (bicyclic) bond motifs is 2. The van der Waals surface area contributed by atoms with Crippen molar-refractivity contribution in [3.63, 3.8) is 0 Å². The molecule has 2 aliphatic heterocycles. The van der Waals surface area contributed by atoms with E-state index in [1.54, 1.807) is 69.2 Å². The monoisotopic (exact) mass is 1200 g/mol. The van der Waals surface area contributed by atoms with Crippen molar-refractivity contribution in [3.8, 4) is 23.0 Å². The number of hydrogen-bond donors (Lipinski definition) is 3. The summed E-state index contributed by atoms with van der Waals surface area (Å²) < 4.78 is 74.4. The number of halogens is 6. The van der Waals surface area contributed by atoms with Gasteiger partial charge in [-0.3, -0.25) is 19.2 Å². The third-order valence-electron chi connectivity index (χ3n) is 8.79. The molecule has 2 heterocycles. The molecule has 1 radical (unpaired) electrons. The molecular formula is C47H55BBr2F4K2NO13S. The Morgan fingerprint density at radius 3 is 1.59 bits per heavy atom. The number of nitrogens with zero attached hydrogens (tertiary/aromatic N) is 1. The number of ketones is 2. The third kappa shape index (κ3) is 24.9. The fourth-order valence-electron chi connectivity index (χ4n) is 5.29. The molecule has 4 aromatic carbocycles. The van der Waals surface area contributed by atoms with Crippen LogP contribution in [0, 0.1) is 44.0 Å². The second-order valence-corrected chi connectivity index (χ2v) is 19.1. The van der Waals surface area contributed by atoms with Crippen molar-refractivity contribution in [1.82, 2.24) is 0 Å². The number of carboxylic acids is 1. The summed E-state index contributed by atoms with van der Waals surface area (Å²) in [7, 11) is 4.34. The van der Waals surface area contributed by atoms with Gasteiger partial charge in [0.2, 0.25) is 11.6 Å². The number of Topliss-reactive ketones (excluding diaryl/α,β-unsaturated/α-hetero) is 2. The Hall–Kier alpha value is -2.04. The van der Waals surface area contributed by atoms with Crippen molar-refractivity contribution >= 4 is 82.3 Å². The van der Waals surface area contributed by atoms with Crippen LogP contribution >= 0.6 is 44.7 Å². The minimum absolute atomic E-state index is 0. The van der Waals surface area contributed by atoms with E-state index >= 15 is 0 Å². The average molecular weight is 1200 g/mol. The normalized spacial score (nSPS) is 12.7. The summed E-state index contributed by atoms with van der Waals surface area (Å²) in [5.74, 6) is -1.55. The first-order chi connectivity index (χ1) is 31.7. The van der Waals surface area contributed by atoms with Gasteiger partial charge in [-0.2, -0.15) is 0 Å². The van der Waals surface area contributed by atoms with Crippen molar-refractivity contribution < 1.29 is 185 Å². The van der Waals surface area contributed by atoms with Crippen LogP contribution in [0.3, 0.4) is 0 Å². The van der Waals surface area contributed by atoms with Gasteiger partial charge in [-0.15, -0.1) is 0 Å². The number of thiol groups is 1. The van der Waals surface area contributed by atoms with Gasteiger partial charge in [0.1, 0.15) is 50.6 Å². The number of hydrogen-bond acceptors (Lipinski definition) is 14. The van der Waals surface area contributed by atoms with Crippen LogP contribution in [0.25, 0.3) is 0 Å². The summed E-state index contributed by atoms with van der Waals surface area (Å²) in [4.78, 5) is 56.4. The van der Waals surface area contributed by atoms with Gasteiger partial charge in [0.15, 0.2) is 16.8 Å². The number of aryl methyl sites for hydroxylation is 3. The fourth-order valence-corrected chi connectivity index (χ4v) is 5.82. The fraction of sp³-hybridized carbons (Fsp3) is 0.383. The molecule has 24 heteroatoms. The largest absolute Gasteiger partial charge is 1.00 e. The molecule has 14 nitrogen and oxygen atoms in total. The Balaban J connectivity index is -0.000000389. The van der Waals surface area contributed by atoms with E-state index in [1.165, 1.54) is 74.5 Å². The Kier molecular flexibility index (Phi) is 34.8. The van der Waals surface area contributed by atoms with Gasteiger partial charge in [-0.05, 0) is 160 Å². The van der Waals surface area contributed by atoms with Crippen LogP contribution in [0.4, 0.5) is 17.6 Å². The van der Waals surface area contributed by atoms with Crippen molar-refractivity contribution in [3.05, 3.63) is 117 Å². The molecule has 0 spiro atoms. The van der Waals surface area contributed by atoms with Crippen LogP contribution in [0.15, 0.2) is 65.0 Å². The standard InChI is InChI=1S/C11H10BrFO2.C11H13FO3.C11H11FO2.C7H7FO.C6H11BrO2.CH2O3.BHNS.2K.H/c1-11(2)10(14)8-4-7(13)3-6(5-12)9(8)15-11;1-7-6-8(12)4-5-9(7)15-11(2,3)10(13)14;1-6-4-7(12)5-8-9(6)14-11(2,3)10(8)13;1-5-4-6(8)2-3-7(5)9;1-4-9-5(8)6(2,3)7;2-1-4-3;1-2-3;;;/h3-4H,5H2,1-2H3;4-6H,1-3H3,(H,13,14);4-5H,1-3H3;2-4,9H,1H3;4H2,1-3H3;1,3H;3H;;;/q;;;;;;;2*+1;-1/p-1. The Morgan fingerprint density at radius 1 is 0.817 bits per heavy atom. The molecule has 4 aromatic rings. The topological polar surface area (TPSA) is 207 Å². The summed E-state index contributed by atoms with van der Waals surface area (Å²) >= 11 is 9.61. The minimum Gasteiger partial charge on any atom is -1.00 e. The molecule has 0 aliphatic carbocycles. The number of carbonyl (C=O) groups is 5. The van der Waals surface area contributed by atoms with Gasteiger partial charge in [-0.25, -0.2) is 22.4 Å². The van der Waals surface area contributed by atoms with Gasteiger partial charge in [-0.1, -0.05) is 31.9 Å². The Labute approximate surface area is 521 Å². The predicted molar refractivity (Wildman–Crippen MR) is 260 cm³/mol.